The van der Waals surface area contributed by atoms with Gasteiger partial charge in [-0.15, -0.1) is 0 Å². The van der Waals surface area contributed by atoms with Gasteiger partial charge in [-0.05, 0) is 84.9 Å². The molecule has 4 aromatic rings. The molecular weight excluding hydrogens is 429 g/mol. The van der Waals surface area contributed by atoms with Crippen molar-refractivity contribution in [1.29, 1.82) is 0 Å². The van der Waals surface area contributed by atoms with Crippen LogP contribution in [0.15, 0.2) is 73.1 Å². The van der Waals surface area contributed by atoms with Crippen molar-refractivity contribution < 1.29 is 13.9 Å². The van der Waals surface area contributed by atoms with Crippen molar-refractivity contribution in [2.75, 3.05) is 20.2 Å². The third-order valence-corrected chi connectivity index (χ3v) is 6.75. The maximum Gasteiger partial charge on any atom is 0.337 e. The Kier molecular flexibility index (Phi) is 6.41. The summed E-state index contributed by atoms with van der Waals surface area (Å²) in [6.07, 6.45) is 6.16. The van der Waals surface area contributed by atoms with Gasteiger partial charge in [-0.25, -0.2) is 14.2 Å². The number of hydrogen-bond donors (Lipinski definition) is 0. The van der Waals surface area contributed by atoms with Crippen LogP contribution in [-0.2, 0) is 17.8 Å². The van der Waals surface area contributed by atoms with Crippen molar-refractivity contribution in [2.45, 2.75) is 31.8 Å². The zero-order valence-electron chi connectivity index (χ0n) is 19.3. The molecule has 0 spiro atoms. The Bertz CT molecular complexity index is 1290. The number of fused-ring (bicyclic) bond motifs is 1. The first-order chi connectivity index (χ1) is 16.6. The predicted molar refractivity (Wildman–Crippen MR) is 130 cm³/mol. The summed E-state index contributed by atoms with van der Waals surface area (Å²) in [6.45, 7) is 3.48. The molecule has 0 amide bonds. The van der Waals surface area contributed by atoms with Crippen LogP contribution in [0.1, 0.15) is 45.8 Å². The van der Waals surface area contributed by atoms with E-state index in [1.807, 2.05) is 24.4 Å². The molecule has 0 unspecified atom stereocenters. The minimum absolute atomic E-state index is 0.171. The van der Waals surface area contributed by atoms with Gasteiger partial charge in [0.1, 0.15) is 11.5 Å². The number of carbonyl (C=O) groups is 1. The highest BCUT2D eigenvalue weighted by molar-refractivity contribution is 5.89. The van der Waals surface area contributed by atoms with Gasteiger partial charge in [0.05, 0.1) is 12.7 Å². The van der Waals surface area contributed by atoms with Crippen molar-refractivity contribution >= 4 is 17.0 Å². The lowest BCUT2D eigenvalue weighted by Crippen LogP contribution is -2.32. The third-order valence-electron chi connectivity index (χ3n) is 6.75. The normalized spacial score (nSPS) is 15.0. The monoisotopic (exact) mass is 457 g/mol. The number of ether oxygens (including phenoxy) is 1. The number of nitrogens with zero attached hydrogens (tertiary/aromatic N) is 3. The highest BCUT2D eigenvalue weighted by Gasteiger charge is 2.23. The maximum atomic E-state index is 13.5. The highest BCUT2D eigenvalue weighted by Crippen LogP contribution is 2.33. The lowest BCUT2D eigenvalue weighted by Gasteiger charge is -2.32. The van der Waals surface area contributed by atoms with Crippen LogP contribution < -0.4 is 0 Å². The van der Waals surface area contributed by atoms with E-state index >= 15 is 0 Å². The fraction of sp³-hybridized carbons (Fsp3) is 0.286. The molecule has 0 N–H and O–H groups in total. The Balaban J connectivity index is 1.28. The van der Waals surface area contributed by atoms with E-state index in [0.717, 1.165) is 49.2 Å². The molecule has 6 heteroatoms. The molecular formula is C28H28FN3O2. The van der Waals surface area contributed by atoms with Crippen molar-refractivity contribution in [3.8, 4) is 0 Å². The maximum absolute atomic E-state index is 13.5. The molecule has 1 fully saturated rings. The average Bonchev–Trinajstić information content (AvgIpc) is 3.27. The second kappa shape index (κ2) is 9.77. The SMILES string of the molecule is COC(=O)c1ccc(Cn2ccc3c(C4CCN(Cc5cccc(F)c5)CC4)ccnc32)cc1. The van der Waals surface area contributed by atoms with Crippen LogP contribution in [0, 0.1) is 5.82 Å². The van der Waals surface area contributed by atoms with Crippen LogP contribution >= 0.6 is 0 Å². The van der Waals surface area contributed by atoms with Crippen molar-refractivity contribution in [3.63, 3.8) is 0 Å². The predicted octanol–water partition coefficient (Wildman–Crippen LogP) is 5.39. The molecule has 1 aliphatic rings. The van der Waals surface area contributed by atoms with E-state index in [2.05, 4.69) is 32.8 Å². The van der Waals surface area contributed by atoms with Gasteiger partial charge in [0.2, 0.25) is 0 Å². The third kappa shape index (κ3) is 4.73. The zero-order valence-corrected chi connectivity index (χ0v) is 19.3. The number of pyridine rings is 1. The van der Waals surface area contributed by atoms with Crippen LogP contribution in [-0.4, -0.2) is 40.6 Å². The van der Waals surface area contributed by atoms with Gasteiger partial charge < -0.3 is 9.30 Å². The lowest BCUT2D eigenvalue weighted by molar-refractivity contribution is 0.0600. The van der Waals surface area contributed by atoms with Crippen molar-refractivity contribution in [1.82, 2.24) is 14.5 Å². The molecule has 0 aliphatic carbocycles. The molecule has 0 radical (unpaired) electrons. The Morgan fingerprint density at radius 3 is 2.56 bits per heavy atom. The summed E-state index contributed by atoms with van der Waals surface area (Å²) in [7, 11) is 1.39. The number of carbonyl (C=O) groups excluding carboxylic acids is 1. The largest absolute Gasteiger partial charge is 0.465 e. The number of hydrogen-bond acceptors (Lipinski definition) is 4. The van der Waals surface area contributed by atoms with E-state index in [-0.39, 0.29) is 11.8 Å². The van der Waals surface area contributed by atoms with Gasteiger partial charge >= 0.3 is 5.97 Å². The van der Waals surface area contributed by atoms with Crippen LogP contribution in [0.25, 0.3) is 11.0 Å². The average molecular weight is 458 g/mol. The van der Waals surface area contributed by atoms with Gasteiger partial charge in [0.25, 0.3) is 0 Å². The van der Waals surface area contributed by atoms with Crippen LogP contribution in [0.5, 0.6) is 0 Å². The number of benzene rings is 2. The van der Waals surface area contributed by atoms with E-state index in [0.29, 0.717) is 18.0 Å². The van der Waals surface area contributed by atoms with E-state index < -0.39 is 0 Å². The van der Waals surface area contributed by atoms with Gasteiger partial charge in [-0.2, -0.15) is 0 Å². The number of piperidine rings is 1. The molecule has 1 saturated heterocycles. The summed E-state index contributed by atoms with van der Waals surface area (Å²) < 4.78 is 20.4. The van der Waals surface area contributed by atoms with E-state index in [1.165, 1.54) is 24.1 Å². The molecule has 5 nitrogen and oxygen atoms in total. The van der Waals surface area contributed by atoms with Gasteiger partial charge in [0.15, 0.2) is 0 Å². The summed E-state index contributed by atoms with van der Waals surface area (Å²) in [5, 5.41) is 1.21. The summed E-state index contributed by atoms with van der Waals surface area (Å²) in [6, 6.07) is 18.7. The molecule has 34 heavy (non-hydrogen) atoms. The van der Waals surface area contributed by atoms with Crippen LogP contribution in [0.2, 0.25) is 0 Å². The Morgan fingerprint density at radius 2 is 1.82 bits per heavy atom. The summed E-state index contributed by atoms with van der Waals surface area (Å²) >= 11 is 0. The molecule has 0 bridgehead atoms. The second-order valence-electron chi connectivity index (χ2n) is 8.95. The second-order valence-corrected chi connectivity index (χ2v) is 8.95. The van der Waals surface area contributed by atoms with Crippen LogP contribution in [0.4, 0.5) is 4.39 Å². The minimum atomic E-state index is -0.328. The van der Waals surface area contributed by atoms with E-state index in [1.54, 1.807) is 24.3 Å². The summed E-state index contributed by atoms with van der Waals surface area (Å²) in [5.74, 6) is -0.00816. The molecule has 2 aromatic heterocycles. The van der Waals surface area contributed by atoms with Crippen molar-refractivity contribution in [2.24, 2.45) is 0 Å². The molecule has 1 aliphatic heterocycles. The van der Waals surface area contributed by atoms with E-state index in [4.69, 9.17) is 4.74 Å². The molecule has 0 atom stereocenters. The molecule has 3 heterocycles. The van der Waals surface area contributed by atoms with Gasteiger partial charge in [-0.3, -0.25) is 4.90 Å². The summed E-state index contributed by atoms with van der Waals surface area (Å²) in [5.41, 5.74) is 5.02. The number of methoxy groups -OCH3 is 1. The Hall–Kier alpha value is -3.51. The minimum Gasteiger partial charge on any atom is -0.465 e. The number of likely N-dealkylation sites (tertiary alicyclic amines) is 1. The topological polar surface area (TPSA) is 47.4 Å². The lowest BCUT2D eigenvalue weighted by atomic mass is 9.88. The number of halogens is 1. The van der Waals surface area contributed by atoms with Crippen LogP contribution in [0.3, 0.4) is 0 Å². The fourth-order valence-corrected chi connectivity index (χ4v) is 4.95. The molecule has 2 aromatic carbocycles. The standard InChI is InChI=1S/C28H28FN3O2/c1-34-28(33)23-7-5-20(6-8-23)19-32-16-12-26-25(9-13-30-27(26)32)22-10-14-31(15-11-22)18-21-3-2-4-24(29)17-21/h2-9,12-13,16-17,22H,10-11,14-15,18-19H2,1H3. The van der Waals surface area contributed by atoms with Gasteiger partial charge in [-0.1, -0.05) is 24.3 Å². The smallest absolute Gasteiger partial charge is 0.337 e. The molecule has 5 rings (SSSR count). The quantitative estimate of drug-likeness (QED) is 0.364. The first kappa shape index (κ1) is 22.3. The van der Waals surface area contributed by atoms with E-state index in [9.17, 15) is 9.18 Å². The first-order valence-electron chi connectivity index (χ1n) is 11.7. The first-order valence-corrected chi connectivity index (χ1v) is 11.7. The van der Waals surface area contributed by atoms with Crippen molar-refractivity contribution in [3.05, 3.63) is 101 Å². The summed E-state index contributed by atoms with van der Waals surface area (Å²) in [4.78, 5) is 18.8. The number of esters is 1. The molecule has 174 valence electrons. The fourth-order valence-electron chi connectivity index (χ4n) is 4.95. The number of rotatable bonds is 6. The Morgan fingerprint density at radius 1 is 1.03 bits per heavy atom. The Labute approximate surface area is 198 Å². The zero-order chi connectivity index (χ0) is 23.5. The highest BCUT2D eigenvalue weighted by atomic mass is 19.1. The number of aromatic nitrogens is 2. The molecule has 0 saturated carbocycles. The van der Waals surface area contributed by atoms with Gasteiger partial charge in [0, 0.05) is 30.9 Å².